The van der Waals surface area contributed by atoms with Gasteiger partial charge >= 0.3 is 0 Å². The normalized spacial score (nSPS) is 11.3. The van der Waals surface area contributed by atoms with Crippen molar-refractivity contribution in [2.24, 2.45) is 0 Å². The molecule has 0 amide bonds. The highest BCUT2D eigenvalue weighted by Crippen LogP contribution is 2.23. The molecule has 1 heterocycles. The van der Waals surface area contributed by atoms with Crippen molar-refractivity contribution in [1.29, 1.82) is 0 Å². The van der Waals surface area contributed by atoms with E-state index in [4.69, 9.17) is 11.6 Å². The molecule has 0 saturated heterocycles. The fraction of sp³-hybridized carbons (Fsp3) is 0.400. The minimum atomic E-state index is 0.454. The molecule has 0 unspecified atom stereocenters. The maximum Gasteiger partial charge on any atom is 0.106 e. The molecule has 2 rings (SSSR count). The summed E-state index contributed by atoms with van der Waals surface area (Å²) in [6, 6.07) is 6.44. The Morgan fingerprint density at radius 1 is 1.40 bits per heavy atom. The fourth-order valence-electron chi connectivity index (χ4n) is 2.00. The number of hydrogen-bond donors (Lipinski definition) is 1. The van der Waals surface area contributed by atoms with Crippen LogP contribution in [0.4, 0.5) is 0 Å². The highest BCUT2D eigenvalue weighted by molar-refractivity contribution is 9.10. The van der Waals surface area contributed by atoms with Crippen LogP contribution in [0.1, 0.15) is 30.9 Å². The molecular weight excluding hydrogens is 338 g/mol. The first-order chi connectivity index (χ1) is 9.47. The smallest absolute Gasteiger partial charge is 0.106 e. The van der Waals surface area contributed by atoms with Crippen LogP contribution in [0.25, 0.3) is 0 Å². The van der Waals surface area contributed by atoms with Crippen LogP contribution in [-0.4, -0.2) is 15.6 Å². The summed E-state index contributed by atoms with van der Waals surface area (Å²) in [7, 11) is 0. The van der Waals surface area contributed by atoms with Gasteiger partial charge in [0.25, 0.3) is 0 Å². The number of halogens is 2. The summed E-state index contributed by atoms with van der Waals surface area (Å²) in [5.74, 6) is 1.00. The Balaban J connectivity index is 2.22. The van der Waals surface area contributed by atoms with Gasteiger partial charge < -0.3 is 9.88 Å². The first-order valence-electron chi connectivity index (χ1n) is 6.65. The number of nitrogens with one attached hydrogen (secondary N) is 1. The number of nitrogens with zero attached hydrogens (tertiary/aromatic N) is 2. The molecule has 3 nitrogen and oxygen atoms in total. The number of hydrogen-bond acceptors (Lipinski definition) is 2. The van der Waals surface area contributed by atoms with E-state index in [1.807, 2.05) is 31.3 Å². The van der Waals surface area contributed by atoms with Gasteiger partial charge in [-0.05, 0) is 24.6 Å². The van der Waals surface area contributed by atoms with Crippen molar-refractivity contribution in [2.75, 3.05) is 0 Å². The first kappa shape index (κ1) is 15.5. The average Bonchev–Trinajstić information content (AvgIpc) is 2.71. The molecule has 2 aromatic rings. The molecule has 0 spiro atoms. The fourth-order valence-corrected chi connectivity index (χ4v) is 2.73. The van der Waals surface area contributed by atoms with Gasteiger partial charge in [-0.1, -0.05) is 47.4 Å². The lowest BCUT2D eigenvalue weighted by Gasteiger charge is -2.14. The topological polar surface area (TPSA) is 29.9 Å². The highest BCUT2D eigenvalue weighted by Gasteiger charge is 2.09. The highest BCUT2D eigenvalue weighted by atomic mass is 79.9. The van der Waals surface area contributed by atoms with Gasteiger partial charge in [0, 0.05) is 28.3 Å². The van der Waals surface area contributed by atoms with Crippen molar-refractivity contribution in [1.82, 2.24) is 14.9 Å². The van der Waals surface area contributed by atoms with Crippen LogP contribution in [0, 0.1) is 6.92 Å². The lowest BCUT2D eigenvalue weighted by Crippen LogP contribution is -2.23. The molecule has 0 aliphatic carbocycles. The summed E-state index contributed by atoms with van der Waals surface area (Å²) < 4.78 is 3.19. The predicted molar refractivity (Wildman–Crippen MR) is 87.2 cm³/mol. The van der Waals surface area contributed by atoms with E-state index < -0.39 is 0 Å². The Hall–Kier alpha value is -0.840. The Morgan fingerprint density at radius 2 is 2.15 bits per heavy atom. The summed E-state index contributed by atoms with van der Waals surface area (Å²) in [6.07, 6.45) is 1.93. The Morgan fingerprint density at radius 3 is 2.80 bits per heavy atom. The third kappa shape index (κ3) is 3.84. The second kappa shape index (κ2) is 6.74. The van der Waals surface area contributed by atoms with Crippen molar-refractivity contribution in [3.05, 3.63) is 51.0 Å². The number of aryl methyl sites for hydroxylation is 1. The number of imidazole rings is 1. The maximum absolute atomic E-state index is 6.30. The maximum atomic E-state index is 6.30. The van der Waals surface area contributed by atoms with E-state index in [0.29, 0.717) is 6.04 Å². The molecule has 0 atom stereocenters. The quantitative estimate of drug-likeness (QED) is 0.872. The second-order valence-corrected chi connectivity index (χ2v) is 6.48. The van der Waals surface area contributed by atoms with Crippen molar-refractivity contribution in [3.63, 3.8) is 0 Å². The molecule has 1 aromatic carbocycles. The molecule has 20 heavy (non-hydrogen) atoms. The van der Waals surface area contributed by atoms with Gasteiger partial charge in [-0.15, -0.1) is 0 Å². The van der Waals surface area contributed by atoms with Crippen LogP contribution in [0.15, 0.2) is 28.9 Å². The van der Waals surface area contributed by atoms with E-state index in [0.717, 1.165) is 34.0 Å². The summed E-state index contributed by atoms with van der Waals surface area (Å²) in [5.41, 5.74) is 2.27. The zero-order valence-corrected chi connectivity index (χ0v) is 14.3. The van der Waals surface area contributed by atoms with Crippen molar-refractivity contribution >= 4 is 27.5 Å². The van der Waals surface area contributed by atoms with Crippen LogP contribution in [0.2, 0.25) is 5.02 Å². The second-order valence-electron chi connectivity index (χ2n) is 5.15. The molecule has 0 aliphatic rings. The molecule has 108 valence electrons. The number of benzene rings is 1. The molecule has 0 saturated carbocycles. The van der Waals surface area contributed by atoms with Gasteiger partial charge in [0.05, 0.1) is 12.2 Å². The van der Waals surface area contributed by atoms with Crippen molar-refractivity contribution < 1.29 is 0 Å². The van der Waals surface area contributed by atoms with Crippen LogP contribution < -0.4 is 5.32 Å². The minimum Gasteiger partial charge on any atom is -0.327 e. The van der Waals surface area contributed by atoms with Gasteiger partial charge in [0.1, 0.15) is 5.82 Å². The van der Waals surface area contributed by atoms with Crippen LogP contribution in [0.3, 0.4) is 0 Å². The largest absolute Gasteiger partial charge is 0.327 e. The summed E-state index contributed by atoms with van der Waals surface area (Å²) in [4.78, 5) is 4.41. The van der Waals surface area contributed by atoms with Crippen LogP contribution in [0.5, 0.6) is 0 Å². The third-order valence-corrected chi connectivity index (χ3v) is 4.02. The van der Waals surface area contributed by atoms with Gasteiger partial charge in [0.2, 0.25) is 0 Å². The standard InChI is InChI=1S/C15H19BrClN3/c1-10(2)18-7-14-8-19-11(3)20(14)9-12-4-5-13(16)6-15(12)17/h4-6,8,10,18H,7,9H2,1-3H3. The Kier molecular flexibility index (Phi) is 5.24. The van der Waals surface area contributed by atoms with E-state index in [1.54, 1.807) is 0 Å². The molecule has 0 radical (unpaired) electrons. The lowest BCUT2D eigenvalue weighted by atomic mass is 10.2. The zero-order chi connectivity index (χ0) is 14.7. The van der Waals surface area contributed by atoms with Crippen LogP contribution >= 0.6 is 27.5 Å². The molecule has 1 aromatic heterocycles. The minimum absolute atomic E-state index is 0.454. The lowest BCUT2D eigenvalue weighted by molar-refractivity contribution is 0.562. The van der Waals surface area contributed by atoms with Crippen LogP contribution in [-0.2, 0) is 13.1 Å². The summed E-state index contributed by atoms with van der Waals surface area (Å²) >= 11 is 9.73. The SMILES string of the molecule is Cc1ncc(CNC(C)C)n1Cc1ccc(Br)cc1Cl. The monoisotopic (exact) mass is 355 g/mol. The molecule has 0 aliphatic heterocycles. The molecule has 0 bridgehead atoms. The predicted octanol–water partition coefficient (Wildman–Crippen LogP) is 4.15. The van der Waals surface area contributed by atoms with Gasteiger partial charge in [-0.2, -0.15) is 0 Å². The van der Waals surface area contributed by atoms with E-state index in [1.165, 1.54) is 5.69 Å². The van der Waals surface area contributed by atoms with E-state index in [9.17, 15) is 0 Å². The average molecular weight is 357 g/mol. The Labute approximate surface area is 133 Å². The van der Waals surface area contributed by atoms with E-state index in [2.05, 4.69) is 44.6 Å². The molecule has 0 fully saturated rings. The van der Waals surface area contributed by atoms with Crippen molar-refractivity contribution in [3.8, 4) is 0 Å². The van der Waals surface area contributed by atoms with E-state index >= 15 is 0 Å². The summed E-state index contributed by atoms with van der Waals surface area (Å²) in [5, 5.41) is 4.20. The van der Waals surface area contributed by atoms with E-state index in [-0.39, 0.29) is 0 Å². The van der Waals surface area contributed by atoms with Gasteiger partial charge in [0.15, 0.2) is 0 Å². The zero-order valence-electron chi connectivity index (χ0n) is 12.0. The molecular formula is C15H19BrClN3. The van der Waals surface area contributed by atoms with Crippen molar-refractivity contribution in [2.45, 2.75) is 39.9 Å². The van der Waals surface area contributed by atoms with Gasteiger partial charge in [-0.25, -0.2) is 4.98 Å². The third-order valence-electron chi connectivity index (χ3n) is 3.17. The number of aromatic nitrogens is 2. The number of rotatable bonds is 5. The summed E-state index contributed by atoms with van der Waals surface area (Å²) in [6.45, 7) is 7.85. The van der Waals surface area contributed by atoms with Gasteiger partial charge in [-0.3, -0.25) is 0 Å². The molecule has 1 N–H and O–H groups in total. The first-order valence-corrected chi connectivity index (χ1v) is 7.82. The Bertz CT molecular complexity index is 593. The molecule has 5 heteroatoms.